The molecule has 0 saturated heterocycles. The molecule has 2 aromatic rings. The monoisotopic (exact) mass is 366 g/mol. The van der Waals surface area contributed by atoms with Gasteiger partial charge in [-0.25, -0.2) is 0 Å². The van der Waals surface area contributed by atoms with E-state index in [1.807, 2.05) is 0 Å². The van der Waals surface area contributed by atoms with Crippen LogP contribution in [0.5, 0.6) is 5.75 Å². The normalized spacial score (nSPS) is 10.5. The van der Waals surface area contributed by atoms with E-state index in [4.69, 9.17) is 10.5 Å². The average Bonchev–Trinajstić information content (AvgIpc) is 2.60. The molecule has 24 heavy (non-hydrogen) atoms. The van der Waals surface area contributed by atoms with Crippen LogP contribution in [0.25, 0.3) is 0 Å². The van der Waals surface area contributed by atoms with Gasteiger partial charge in [-0.1, -0.05) is 36.4 Å². The number of thioether (sulfide) groups is 1. The largest absolute Gasteiger partial charge is 0.496 e. The van der Waals surface area contributed by atoms with Crippen LogP contribution >= 0.6 is 24.2 Å². The second kappa shape index (κ2) is 11.4. The number of rotatable bonds is 9. The highest BCUT2D eigenvalue weighted by Crippen LogP contribution is 2.28. The minimum absolute atomic E-state index is 0. The first-order valence-corrected chi connectivity index (χ1v) is 9.16. The van der Waals surface area contributed by atoms with Gasteiger partial charge in [-0.15, -0.1) is 24.2 Å². The summed E-state index contributed by atoms with van der Waals surface area (Å²) in [5, 5.41) is 0. The summed E-state index contributed by atoms with van der Waals surface area (Å²) in [5.74, 6) is 0.950. The summed E-state index contributed by atoms with van der Waals surface area (Å²) in [7, 11) is 1.73. The van der Waals surface area contributed by atoms with Gasteiger partial charge in [0, 0.05) is 31.1 Å². The molecular weight excluding hydrogens is 340 g/mol. The van der Waals surface area contributed by atoms with Gasteiger partial charge in [-0.3, -0.25) is 4.90 Å². The van der Waals surface area contributed by atoms with Crippen molar-refractivity contribution in [3.8, 4) is 5.75 Å². The summed E-state index contributed by atoms with van der Waals surface area (Å²) >= 11 is 1.71. The van der Waals surface area contributed by atoms with Crippen LogP contribution < -0.4 is 10.5 Å². The van der Waals surface area contributed by atoms with E-state index in [-0.39, 0.29) is 12.4 Å². The van der Waals surface area contributed by atoms with Gasteiger partial charge >= 0.3 is 0 Å². The van der Waals surface area contributed by atoms with E-state index in [9.17, 15) is 0 Å². The maximum absolute atomic E-state index is 5.78. The fraction of sp³-hybridized carbons (Fsp3) is 0.368. The lowest BCUT2D eigenvalue weighted by Gasteiger charge is -2.22. The van der Waals surface area contributed by atoms with Crippen LogP contribution in [0.15, 0.2) is 53.4 Å². The van der Waals surface area contributed by atoms with Crippen LogP contribution in [-0.4, -0.2) is 37.9 Å². The molecule has 0 saturated carbocycles. The fourth-order valence-electron chi connectivity index (χ4n) is 2.62. The zero-order valence-corrected chi connectivity index (χ0v) is 16.0. The first kappa shape index (κ1) is 20.8. The Morgan fingerprint density at radius 3 is 2.42 bits per heavy atom. The standard InChI is InChI=1S/C19H26N2OS.ClH/c1-22-18-14-17(8-9-19(18)23-2)15-21(13-11-20)12-10-16-6-4-3-5-7-16;/h3-9,14H,10-13,15,20H2,1-2H3;1H. The summed E-state index contributed by atoms with van der Waals surface area (Å²) in [6, 6.07) is 17.0. The number of benzene rings is 2. The topological polar surface area (TPSA) is 38.5 Å². The molecule has 0 aromatic heterocycles. The maximum atomic E-state index is 5.78. The summed E-state index contributed by atoms with van der Waals surface area (Å²) < 4.78 is 5.48. The van der Waals surface area contributed by atoms with Crippen molar-refractivity contribution in [2.75, 3.05) is 33.0 Å². The van der Waals surface area contributed by atoms with E-state index in [0.717, 1.165) is 31.8 Å². The second-order valence-corrected chi connectivity index (χ2v) is 6.34. The third kappa shape index (κ3) is 6.36. The molecule has 0 aliphatic carbocycles. The van der Waals surface area contributed by atoms with Crippen molar-refractivity contribution in [1.82, 2.24) is 4.90 Å². The summed E-state index contributed by atoms with van der Waals surface area (Å²) in [6.07, 6.45) is 3.11. The van der Waals surface area contributed by atoms with E-state index in [2.05, 4.69) is 59.7 Å². The number of nitrogens with zero attached hydrogens (tertiary/aromatic N) is 1. The lowest BCUT2D eigenvalue weighted by molar-refractivity contribution is 0.276. The molecule has 3 nitrogen and oxygen atoms in total. The molecule has 0 fully saturated rings. The van der Waals surface area contributed by atoms with Gasteiger partial charge in [0.05, 0.1) is 7.11 Å². The van der Waals surface area contributed by atoms with E-state index in [0.29, 0.717) is 6.54 Å². The van der Waals surface area contributed by atoms with Crippen LogP contribution in [0, 0.1) is 0 Å². The van der Waals surface area contributed by atoms with E-state index in [1.54, 1.807) is 18.9 Å². The molecule has 132 valence electrons. The molecule has 5 heteroatoms. The van der Waals surface area contributed by atoms with Crippen molar-refractivity contribution in [1.29, 1.82) is 0 Å². The van der Waals surface area contributed by atoms with Crippen molar-refractivity contribution in [3.63, 3.8) is 0 Å². The Kier molecular flexibility index (Phi) is 9.88. The molecule has 0 atom stereocenters. The summed E-state index contributed by atoms with van der Waals surface area (Å²) in [4.78, 5) is 3.58. The zero-order valence-electron chi connectivity index (χ0n) is 14.4. The smallest absolute Gasteiger partial charge is 0.132 e. The molecule has 0 aliphatic heterocycles. The van der Waals surface area contributed by atoms with Crippen molar-refractivity contribution < 1.29 is 4.74 Å². The van der Waals surface area contributed by atoms with Crippen molar-refractivity contribution >= 4 is 24.2 Å². The molecular formula is C19H27ClN2OS. The van der Waals surface area contributed by atoms with E-state index < -0.39 is 0 Å². The Balaban J connectivity index is 0.00000288. The summed E-state index contributed by atoms with van der Waals surface area (Å²) in [5.41, 5.74) is 8.41. The van der Waals surface area contributed by atoms with Gasteiger partial charge in [0.2, 0.25) is 0 Å². The van der Waals surface area contributed by atoms with Gasteiger partial charge in [-0.2, -0.15) is 0 Å². The molecule has 0 aliphatic rings. The van der Waals surface area contributed by atoms with E-state index >= 15 is 0 Å². The number of hydrogen-bond donors (Lipinski definition) is 1. The third-order valence-electron chi connectivity index (χ3n) is 3.86. The second-order valence-electron chi connectivity index (χ2n) is 5.49. The predicted octanol–water partition coefficient (Wildman–Crippen LogP) is 3.84. The molecule has 0 heterocycles. The maximum Gasteiger partial charge on any atom is 0.132 e. The Hall–Kier alpha value is -1.20. The highest BCUT2D eigenvalue weighted by atomic mass is 35.5. The van der Waals surface area contributed by atoms with Gasteiger partial charge in [-0.05, 0) is 35.9 Å². The van der Waals surface area contributed by atoms with Crippen LogP contribution in [0.1, 0.15) is 11.1 Å². The molecule has 0 unspecified atom stereocenters. The molecule has 0 radical (unpaired) electrons. The fourth-order valence-corrected chi connectivity index (χ4v) is 3.17. The first-order chi connectivity index (χ1) is 11.3. The number of halogens is 1. The minimum Gasteiger partial charge on any atom is -0.496 e. The Labute approximate surface area is 156 Å². The zero-order chi connectivity index (χ0) is 16.5. The highest BCUT2D eigenvalue weighted by molar-refractivity contribution is 7.98. The van der Waals surface area contributed by atoms with E-state index in [1.165, 1.54) is 16.0 Å². The first-order valence-electron chi connectivity index (χ1n) is 7.94. The quantitative estimate of drug-likeness (QED) is 0.684. The van der Waals surface area contributed by atoms with Crippen molar-refractivity contribution in [2.24, 2.45) is 5.73 Å². The Morgan fingerprint density at radius 1 is 1.04 bits per heavy atom. The number of nitrogens with two attached hydrogens (primary N) is 1. The SMILES string of the molecule is COc1cc(CN(CCN)CCc2ccccc2)ccc1SC.Cl. The molecule has 0 spiro atoms. The minimum atomic E-state index is 0. The lowest BCUT2D eigenvalue weighted by atomic mass is 10.1. The van der Waals surface area contributed by atoms with Gasteiger partial charge < -0.3 is 10.5 Å². The number of methoxy groups -OCH3 is 1. The Bertz CT molecular complexity index is 595. The van der Waals surface area contributed by atoms with Crippen molar-refractivity contribution in [2.45, 2.75) is 17.9 Å². The predicted molar refractivity (Wildman–Crippen MR) is 107 cm³/mol. The summed E-state index contributed by atoms with van der Waals surface area (Å²) in [6.45, 7) is 3.48. The molecule has 0 amide bonds. The average molecular weight is 367 g/mol. The van der Waals surface area contributed by atoms with Crippen LogP contribution in [0.3, 0.4) is 0 Å². The number of ether oxygens (including phenoxy) is 1. The highest BCUT2D eigenvalue weighted by Gasteiger charge is 2.09. The molecule has 2 aromatic carbocycles. The number of hydrogen-bond acceptors (Lipinski definition) is 4. The molecule has 0 bridgehead atoms. The molecule has 2 N–H and O–H groups in total. The van der Waals surface area contributed by atoms with Gasteiger partial charge in [0.15, 0.2) is 0 Å². The molecule has 2 rings (SSSR count). The van der Waals surface area contributed by atoms with Gasteiger partial charge in [0.1, 0.15) is 5.75 Å². The lowest BCUT2D eigenvalue weighted by Crippen LogP contribution is -2.31. The van der Waals surface area contributed by atoms with Crippen LogP contribution in [-0.2, 0) is 13.0 Å². The van der Waals surface area contributed by atoms with Crippen LogP contribution in [0.2, 0.25) is 0 Å². The Morgan fingerprint density at radius 2 is 1.79 bits per heavy atom. The van der Waals surface area contributed by atoms with Crippen molar-refractivity contribution in [3.05, 3.63) is 59.7 Å². The third-order valence-corrected chi connectivity index (χ3v) is 4.64. The van der Waals surface area contributed by atoms with Crippen LogP contribution in [0.4, 0.5) is 0 Å². The van der Waals surface area contributed by atoms with Gasteiger partial charge in [0.25, 0.3) is 0 Å².